The first-order valence-electron chi connectivity index (χ1n) is 8.10. The minimum atomic E-state index is -0.620. The Kier molecular flexibility index (Phi) is 4.93. The van der Waals surface area contributed by atoms with Crippen molar-refractivity contribution in [3.8, 4) is 5.75 Å². The van der Waals surface area contributed by atoms with Crippen molar-refractivity contribution in [2.24, 2.45) is 14.1 Å². The van der Waals surface area contributed by atoms with Gasteiger partial charge in [-0.3, -0.25) is 14.4 Å². The third-order valence-electron chi connectivity index (χ3n) is 4.50. The molecule has 140 valence electrons. The predicted octanol–water partition coefficient (Wildman–Crippen LogP) is 2.57. The maximum Gasteiger partial charge on any atom is 0.316 e. The standard InChI is InChI=1S/C19H18BrN3O4/c1-10-7-14-15(23(3)19(26)18(25)22(14)2)9-13(10)21-17(24)11-5-6-16(27-4)12(20)8-11/h5-9H,1-4H3,(H,21,24). The number of rotatable bonds is 3. The van der Waals surface area contributed by atoms with Crippen molar-refractivity contribution in [3.63, 3.8) is 0 Å². The van der Waals surface area contributed by atoms with Gasteiger partial charge in [0.25, 0.3) is 5.91 Å². The summed E-state index contributed by atoms with van der Waals surface area (Å²) < 4.78 is 8.45. The van der Waals surface area contributed by atoms with Gasteiger partial charge in [0.2, 0.25) is 0 Å². The Morgan fingerprint density at radius 3 is 2.19 bits per heavy atom. The smallest absolute Gasteiger partial charge is 0.316 e. The molecule has 0 aliphatic heterocycles. The van der Waals surface area contributed by atoms with Gasteiger partial charge in [0.15, 0.2) is 0 Å². The molecule has 0 spiro atoms. The normalized spacial score (nSPS) is 10.9. The third-order valence-corrected chi connectivity index (χ3v) is 5.12. The number of ether oxygens (including phenoxy) is 1. The summed E-state index contributed by atoms with van der Waals surface area (Å²) in [5, 5.41) is 2.86. The molecule has 1 N–H and O–H groups in total. The minimum Gasteiger partial charge on any atom is -0.496 e. The van der Waals surface area contributed by atoms with Crippen molar-refractivity contribution in [1.82, 2.24) is 9.13 Å². The number of aromatic nitrogens is 2. The molecule has 7 nitrogen and oxygen atoms in total. The highest BCUT2D eigenvalue weighted by Crippen LogP contribution is 2.27. The molecule has 1 amide bonds. The summed E-state index contributed by atoms with van der Waals surface area (Å²) in [4.78, 5) is 36.7. The van der Waals surface area contributed by atoms with Gasteiger partial charge in [0.1, 0.15) is 5.75 Å². The molecule has 3 aromatic rings. The number of hydrogen-bond acceptors (Lipinski definition) is 4. The van der Waals surface area contributed by atoms with Crippen molar-refractivity contribution >= 4 is 38.6 Å². The fourth-order valence-corrected chi connectivity index (χ4v) is 3.40. The molecule has 0 aliphatic carbocycles. The monoisotopic (exact) mass is 431 g/mol. The lowest BCUT2D eigenvalue weighted by Crippen LogP contribution is -2.39. The number of carbonyl (C=O) groups excluding carboxylic acids is 1. The molecule has 8 heteroatoms. The van der Waals surface area contributed by atoms with Crippen LogP contribution in [0.1, 0.15) is 15.9 Å². The Bertz CT molecular complexity index is 1190. The van der Waals surface area contributed by atoms with Crippen molar-refractivity contribution < 1.29 is 9.53 Å². The summed E-state index contributed by atoms with van der Waals surface area (Å²) in [6, 6.07) is 8.50. The number of methoxy groups -OCH3 is 1. The summed E-state index contributed by atoms with van der Waals surface area (Å²) in [5.74, 6) is 0.333. The Morgan fingerprint density at radius 2 is 1.63 bits per heavy atom. The van der Waals surface area contributed by atoms with Crippen LogP contribution in [-0.2, 0) is 14.1 Å². The maximum atomic E-state index is 12.6. The number of nitrogens with zero attached hydrogens (tertiary/aromatic N) is 2. The van der Waals surface area contributed by atoms with Crippen LogP contribution >= 0.6 is 15.9 Å². The molecule has 1 aromatic heterocycles. The van der Waals surface area contributed by atoms with E-state index in [1.807, 2.05) is 6.92 Å². The first kappa shape index (κ1) is 18.9. The highest BCUT2D eigenvalue weighted by molar-refractivity contribution is 9.10. The zero-order valence-corrected chi connectivity index (χ0v) is 16.9. The highest BCUT2D eigenvalue weighted by Gasteiger charge is 2.14. The quantitative estimate of drug-likeness (QED) is 0.646. The van der Waals surface area contributed by atoms with E-state index < -0.39 is 11.1 Å². The van der Waals surface area contributed by atoms with Crippen LogP contribution < -0.4 is 21.2 Å². The molecule has 0 saturated carbocycles. The summed E-state index contributed by atoms with van der Waals surface area (Å²) in [5.41, 5.74) is 1.75. The van der Waals surface area contributed by atoms with E-state index in [1.54, 1.807) is 44.5 Å². The second-order valence-electron chi connectivity index (χ2n) is 6.19. The van der Waals surface area contributed by atoms with E-state index in [4.69, 9.17) is 4.74 Å². The largest absolute Gasteiger partial charge is 0.496 e. The van der Waals surface area contributed by atoms with Crippen LogP contribution in [0.3, 0.4) is 0 Å². The van der Waals surface area contributed by atoms with Crippen LogP contribution in [-0.4, -0.2) is 22.2 Å². The molecule has 1 heterocycles. The molecule has 0 fully saturated rings. The molecule has 0 saturated heterocycles. The number of hydrogen-bond donors (Lipinski definition) is 1. The number of benzene rings is 2. The second-order valence-corrected chi connectivity index (χ2v) is 7.04. The van der Waals surface area contributed by atoms with Crippen LogP contribution in [0.25, 0.3) is 11.0 Å². The number of fused-ring (bicyclic) bond motifs is 1. The summed E-state index contributed by atoms with van der Waals surface area (Å²) in [7, 11) is 4.64. The molecular weight excluding hydrogens is 414 g/mol. The van der Waals surface area contributed by atoms with Crippen LogP contribution in [0.2, 0.25) is 0 Å². The van der Waals surface area contributed by atoms with Gasteiger partial charge in [0, 0.05) is 25.3 Å². The molecule has 0 radical (unpaired) electrons. The highest BCUT2D eigenvalue weighted by atomic mass is 79.9. The van der Waals surface area contributed by atoms with Gasteiger partial charge in [-0.05, 0) is 58.7 Å². The van der Waals surface area contributed by atoms with Gasteiger partial charge in [-0.15, -0.1) is 0 Å². The van der Waals surface area contributed by atoms with E-state index in [0.29, 0.717) is 32.5 Å². The molecular formula is C19H18BrN3O4. The number of carbonyl (C=O) groups is 1. The van der Waals surface area contributed by atoms with Crippen LogP contribution in [0.5, 0.6) is 5.75 Å². The van der Waals surface area contributed by atoms with Gasteiger partial charge in [-0.2, -0.15) is 0 Å². The van der Waals surface area contributed by atoms with Crippen LogP contribution in [0, 0.1) is 6.92 Å². The molecule has 0 unspecified atom stereocenters. The lowest BCUT2D eigenvalue weighted by atomic mass is 10.1. The minimum absolute atomic E-state index is 0.296. The van der Waals surface area contributed by atoms with E-state index in [0.717, 1.165) is 5.56 Å². The van der Waals surface area contributed by atoms with E-state index in [-0.39, 0.29) is 5.91 Å². The van der Waals surface area contributed by atoms with Gasteiger partial charge >= 0.3 is 11.1 Å². The third kappa shape index (κ3) is 3.28. The van der Waals surface area contributed by atoms with Gasteiger partial charge in [-0.1, -0.05) is 0 Å². The van der Waals surface area contributed by atoms with Gasteiger partial charge in [0.05, 0.1) is 22.6 Å². The Hall–Kier alpha value is -2.87. The molecule has 27 heavy (non-hydrogen) atoms. The zero-order chi connectivity index (χ0) is 19.9. The van der Waals surface area contributed by atoms with Crippen molar-refractivity contribution in [1.29, 1.82) is 0 Å². The van der Waals surface area contributed by atoms with Crippen LogP contribution in [0.4, 0.5) is 5.69 Å². The lowest BCUT2D eigenvalue weighted by molar-refractivity contribution is 0.102. The maximum absolute atomic E-state index is 12.6. The summed E-state index contributed by atoms with van der Waals surface area (Å²) >= 11 is 3.36. The fraction of sp³-hybridized carbons (Fsp3) is 0.211. The SMILES string of the molecule is COc1ccc(C(=O)Nc2cc3c(cc2C)n(C)c(=O)c(=O)n3C)cc1Br. The number of amides is 1. The van der Waals surface area contributed by atoms with Crippen molar-refractivity contribution in [2.45, 2.75) is 6.92 Å². The molecule has 0 bridgehead atoms. The van der Waals surface area contributed by atoms with Crippen molar-refractivity contribution in [3.05, 3.63) is 66.6 Å². The molecule has 0 aliphatic rings. The van der Waals surface area contributed by atoms with Crippen molar-refractivity contribution in [2.75, 3.05) is 12.4 Å². The average molecular weight is 432 g/mol. The Balaban J connectivity index is 2.06. The second kappa shape index (κ2) is 7.03. The van der Waals surface area contributed by atoms with Gasteiger partial charge < -0.3 is 19.2 Å². The van der Waals surface area contributed by atoms with Crippen LogP contribution in [0.15, 0.2) is 44.4 Å². The number of halogens is 1. The summed E-state index contributed by atoms with van der Waals surface area (Å²) in [6.07, 6.45) is 0. The zero-order valence-electron chi connectivity index (χ0n) is 15.3. The summed E-state index contributed by atoms with van der Waals surface area (Å²) in [6.45, 7) is 1.83. The first-order valence-corrected chi connectivity index (χ1v) is 8.89. The first-order chi connectivity index (χ1) is 12.7. The molecule has 0 atom stereocenters. The molecule has 2 aromatic carbocycles. The number of aryl methyl sites for hydroxylation is 3. The van der Waals surface area contributed by atoms with E-state index in [2.05, 4.69) is 21.2 Å². The van der Waals surface area contributed by atoms with E-state index in [1.165, 1.54) is 16.2 Å². The number of anilines is 1. The average Bonchev–Trinajstić information content (AvgIpc) is 2.65. The fourth-order valence-electron chi connectivity index (χ4n) is 2.86. The molecule has 3 rings (SSSR count). The Labute approximate surface area is 163 Å². The predicted molar refractivity (Wildman–Crippen MR) is 108 cm³/mol. The Morgan fingerprint density at radius 1 is 1.04 bits per heavy atom. The topological polar surface area (TPSA) is 82.3 Å². The van der Waals surface area contributed by atoms with Gasteiger partial charge in [-0.25, -0.2) is 0 Å². The van der Waals surface area contributed by atoms with E-state index >= 15 is 0 Å². The number of nitrogens with one attached hydrogen (secondary N) is 1. The van der Waals surface area contributed by atoms with E-state index in [9.17, 15) is 14.4 Å². The lowest BCUT2D eigenvalue weighted by Gasteiger charge is -2.14.